The number of H-pyrrole nitrogens is 1. The number of hydrogen-bond acceptors (Lipinski definition) is 5. The molecule has 2 aromatic rings. The van der Waals surface area contributed by atoms with Crippen LogP contribution in [0.3, 0.4) is 0 Å². The van der Waals surface area contributed by atoms with Crippen molar-refractivity contribution in [3.63, 3.8) is 0 Å². The smallest absolute Gasteiger partial charge is 0.329 e. The molecular weight excluding hydrogens is 332 g/mol. The van der Waals surface area contributed by atoms with Crippen LogP contribution in [0.5, 0.6) is 0 Å². The van der Waals surface area contributed by atoms with E-state index in [0.29, 0.717) is 35.8 Å². The van der Waals surface area contributed by atoms with Gasteiger partial charge in [-0.2, -0.15) is 11.8 Å². The van der Waals surface area contributed by atoms with Gasteiger partial charge in [-0.25, -0.2) is 4.79 Å². The van der Waals surface area contributed by atoms with Gasteiger partial charge in [-0.15, -0.1) is 0 Å². The fraction of sp³-hybridized carbons (Fsp3) is 0.312. The third-order valence-electron chi connectivity index (χ3n) is 4.05. The molecule has 24 heavy (non-hydrogen) atoms. The second-order valence-corrected chi connectivity index (χ2v) is 6.77. The molecule has 0 bridgehead atoms. The molecule has 0 aromatic carbocycles. The van der Waals surface area contributed by atoms with Gasteiger partial charge in [0, 0.05) is 0 Å². The van der Waals surface area contributed by atoms with E-state index in [-0.39, 0.29) is 5.56 Å². The molecule has 0 radical (unpaired) electrons. The van der Waals surface area contributed by atoms with Gasteiger partial charge in [-0.3, -0.25) is 9.59 Å². The number of aliphatic carboxylic acids is 1. The van der Waals surface area contributed by atoms with Crippen LogP contribution in [0.25, 0.3) is 11.5 Å². The standard InChI is InChI=1S/C16H16N2O5S/c19-13-10(3-4-11(17-13)12-2-1-7-23-12)14(20)18-16(15(21)22)5-8-24-9-6-16/h1-4,7H,5-6,8-9H2,(H,17,19)(H,18,20)(H,21,22). The Morgan fingerprint density at radius 3 is 2.58 bits per heavy atom. The third kappa shape index (κ3) is 3.09. The maximum absolute atomic E-state index is 12.4. The highest BCUT2D eigenvalue weighted by molar-refractivity contribution is 7.99. The molecule has 3 heterocycles. The predicted molar refractivity (Wildman–Crippen MR) is 89.2 cm³/mol. The van der Waals surface area contributed by atoms with Gasteiger partial charge in [0.15, 0.2) is 0 Å². The fourth-order valence-corrected chi connectivity index (χ4v) is 3.81. The van der Waals surface area contributed by atoms with Crippen LogP contribution in [-0.4, -0.2) is 39.0 Å². The highest BCUT2D eigenvalue weighted by atomic mass is 32.2. The summed E-state index contributed by atoms with van der Waals surface area (Å²) in [5.74, 6) is 0.0301. The van der Waals surface area contributed by atoms with Gasteiger partial charge >= 0.3 is 5.97 Å². The van der Waals surface area contributed by atoms with E-state index >= 15 is 0 Å². The summed E-state index contributed by atoms with van der Waals surface area (Å²) in [6.07, 6.45) is 2.15. The van der Waals surface area contributed by atoms with Crippen molar-refractivity contribution in [2.75, 3.05) is 11.5 Å². The van der Waals surface area contributed by atoms with Gasteiger partial charge in [0.2, 0.25) is 0 Å². The topological polar surface area (TPSA) is 112 Å². The first kappa shape index (κ1) is 16.4. The normalized spacial score (nSPS) is 16.5. The summed E-state index contributed by atoms with van der Waals surface area (Å²) in [6, 6.07) is 6.30. The molecule has 0 unspecified atom stereocenters. The van der Waals surface area contributed by atoms with Gasteiger partial charge in [0.05, 0.1) is 12.0 Å². The van der Waals surface area contributed by atoms with Gasteiger partial charge in [0.25, 0.3) is 11.5 Å². The Bertz CT molecular complexity index is 806. The number of carboxylic acid groups (broad SMARTS) is 1. The lowest BCUT2D eigenvalue weighted by Gasteiger charge is -2.33. The van der Waals surface area contributed by atoms with Crippen LogP contribution in [0.4, 0.5) is 0 Å². The van der Waals surface area contributed by atoms with Crippen molar-refractivity contribution in [2.24, 2.45) is 0 Å². The summed E-state index contributed by atoms with van der Waals surface area (Å²) >= 11 is 1.65. The van der Waals surface area contributed by atoms with Crippen molar-refractivity contribution >= 4 is 23.6 Å². The van der Waals surface area contributed by atoms with E-state index < -0.39 is 23.0 Å². The van der Waals surface area contributed by atoms with Crippen molar-refractivity contribution in [1.82, 2.24) is 10.3 Å². The van der Waals surface area contributed by atoms with Gasteiger partial charge in [0.1, 0.15) is 16.9 Å². The Balaban J connectivity index is 1.84. The zero-order valence-corrected chi connectivity index (χ0v) is 13.5. The molecule has 8 heteroatoms. The third-order valence-corrected chi connectivity index (χ3v) is 5.03. The second-order valence-electron chi connectivity index (χ2n) is 5.55. The summed E-state index contributed by atoms with van der Waals surface area (Å²) in [7, 11) is 0. The Labute approximate surface area is 141 Å². The molecule has 1 saturated heterocycles. The number of pyridine rings is 1. The number of aromatic nitrogens is 1. The Morgan fingerprint density at radius 1 is 1.25 bits per heavy atom. The Kier molecular flexibility index (Phi) is 4.48. The maximum atomic E-state index is 12.4. The number of carbonyl (C=O) groups is 2. The molecular formula is C16H16N2O5S. The lowest BCUT2D eigenvalue weighted by molar-refractivity contribution is -0.144. The van der Waals surface area contributed by atoms with E-state index in [1.807, 2.05) is 0 Å². The molecule has 0 spiro atoms. The minimum absolute atomic E-state index is 0.121. The van der Waals surface area contributed by atoms with Crippen LogP contribution >= 0.6 is 11.8 Å². The summed E-state index contributed by atoms with van der Waals surface area (Å²) in [5.41, 5.74) is -1.58. The molecule has 7 nitrogen and oxygen atoms in total. The molecule has 1 amide bonds. The molecule has 1 fully saturated rings. The molecule has 1 aliphatic heterocycles. The first-order valence-electron chi connectivity index (χ1n) is 7.43. The highest BCUT2D eigenvalue weighted by Crippen LogP contribution is 2.27. The van der Waals surface area contributed by atoms with Crippen LogP contribution in [-0.2, 0) is 4.79 Å². The van der Waals surface area contributed by atoms with Crippen LogP contribution in [0, 0.1) is 0 Å². The number of hydrogen-bond donors (Lipinski definition) is 3. The Morgan fingerprint density at radius 2 is 2.00 bits per heavy atom. The molecule has 0 atom stereocenters. The molecule has 2 aromatic heterocycles. The van der Waals surface area contributed by atoms with E-state index in [1.165, 1.54) is 12.3 Å². The largest absolute Gasteiger partial charge is 0.480 e. The van der Waals surface area contributed by atoms with Crippen LogP contribution in [0.15, 0.2) is 39.7 Å². The average molecular weight is 348 g/mol. The number of rotatable bonds is 4. The SMILES string of the molecule is O=C(NC1(C(=O)O)CCSCC1)c1ccc(-c2ccco2)[nH]c1=O. The van der Waals surface area contributed by atoms with Crippen LogP contribution in [0.2, 0.25) is 0 Å². The lowest BCUT2D eigenvalue weighted by atomic mass is 9.92. The number of thioether (sulfide) groups is 1. The zero-order valence-electron chi connectivity index (χ0n) is 12.7. The van der Waals surface area contributed by atoms with Gasteiger partial charge in [-0.1, -0.05) is 0 Å². The number of carboxylic acids is 1. The van der Waals surface area contributed by atoms with E-state index in [1.54, 1.807) is 30.0 Å². The first-order valence-corrected chi connectivity index (χ1v) is 8.58. The molecule has 1 aliphatic rings. The highest BCUT2D eigenvalue weighted by Gasteiger charge is 2.41. The van der Waals surface area contributed by atoms with E-state index in [2.05, 4.69) is 10.3 Å². The summed E-state index contributed by atoms with van der Waals surface area (Å²) in [5, 5.41) is 12.0. The van der Waals surface area contributed by atoms with E-state index in [9.17, 15) is 19.5 Å². The molecule has 3 N–H and O–H groups in total. The number of aromatic amines is 1. The van der Waals surface area contributed by atoms with Crippen LogP contribution in [0.1, 0.15) is 23.2 Å². The van der Waals surface area contributed by atoms with Crippen molar-refractivity contribution in [3.05, 3.63) is 46.4 Å². The minimum Gasteiger partial charge on any atom is -0.480 e. The number of furan rings is 1. The quantitative estimate of drug-likeness (QED) is 0.775. The first-order chi connectivity index (χ1) is 11.5. The molecule has 126 valence electrons. The fourth-order valence-electron chi connectivity index (χ4n) is 2.62. The number of nitrogens with one attached hydrogen (secondary N) is 2. The summed E-state index contributed by atoms with van der Waals surface area (Å²) in [6.45, 7) is 0. The zero-order chi connectivity index (χ0) is 17.2. The average Bonchev–Trinajstić information content (AvgIpc) is 3.09. The van der Waals surface area contributed by atoms with Gasteiger partial charge in [-0.05, 0) is 48.6 Å². The van der Waals surface area contributed by atoms with Crippen molar-refractivity contribution in [3.8, 4) is 11.5 Å². The molecule has 3 rings (SSSR count). The van der Waals surface area contributed by atoms with Crippen molar-refractivity contribution in [2.45, 2.75) is 18.4 Å². The molecule has 0 aliphatic carbocycles. The number of carbonyl (C=O) groups excluding carboxylic acids is 1. The van der Waals surface area contributed by atoms with Crippen molar-refractivity contribution in [1.29, 1.82) is 0 Å². The van der Waals surface area contributed by atoms with Crippen LogP contribution < -0.4 is 10.9 Å². The summed E-state index contributed by atoms with van der Waals surface area (Å²) < 4.78 is 5.19. The lowest BCUT2D eigenvalue weighted by Crippen LogP contribution is -2.57. The monoisotopic (exact) mass is 348 g/mol. The second kappa shape index (κ2) is 6.56. The van der Waals surface area contributed by atoms with Gasteiger partial charge < -0.3 is 19.8 Å². The minimum atomic E-state index is -1.31. The predicted octanol–water partition coefficient (Wildman–Crippen LogP) is 1.72. The van der Waals surface area contributed by atoms with Crippen molar-refractivity contribution < 1.29 is 19.1 Å². The molecule has 0 saturated carbocycles. The Hall–Kier alpha value is -2.48. The maximum Gasteiger partial charge on any atom is 0.329 e. The number of amides is 1. The summed E-state index contributed by atoms with van der Waals surface area (Å²) in [4.78, 5) is 38.8. The van der Waals surface area contributed by atoms with E-state index in [0.717, 1.165) is 0 Å². The van der Waals surface area contributed by atoms with E-state index in [4.69, 9.17) is 4.42 Å².